The van der Waals surface area contributed by atoms with E-state index in [1.807, 2.05) is 30.3 Å². The standard InChI is InChI=1S/C10H12OS/c1-9(7-8-11)12-10-5-3-2-4-6-10/h2-6,11H,1,7-8H2. The van der Waals surface area contributed by atoms with Crippen molar-refractivity contribution in [1.29, 1.82) is 0 Å². The fourth-order valence-corrected chi connectivity index (χ4v) is 1.65. The van der Waals surface area contributed by atoms with Crippen LogP contribution in [0.1, 0.15) is 6.42 Å². The molecule has 1 rings (SSSR count). The van der Waals surface area contributed by atoms with E-state index in [2.05, 4.69) is 6.58 Å². The lowest BCUT2D eigenvalue weighted by Crippen LogP contribution is -1.82. The second kappa shape index (κ2) is 5.01. The first kappa shape index (κ1) is 9.36. The number of hydrogen-bond acceptors (Lipinski definition) is 2. The van der Waals surface area contributed by atoms with Crippen molar-refractivity contribution in [3.63, 3.8) is 0 Å². The fourth-order valence-electron chi connectivity index (χ4n) is 0.831. The van der Waals surface area contributed by atoms with Gasteiger partial charge in [-0.15, -0.1) is 0 Å². The first-order chi connectivity index (χ1) is 5.83. The predicted molar refractivity (Wildman–Crippen MR) is 53.1 cm³/mol. The van der Waals surface area contributed by atoms with Crippen molar-refractivity contribution in [3.8, 4) is 0 Å². The number of aliphatic hydroxyl groups excluding tert-OH is 1. The molecule has 1 N–H and O–H groups in total. The van der Waals surface area contributed by atoms with Crippen LogP contribution in [0.15, 0.2) is 46.7 Å². The summed E-state index contributed by atoms with van der Waals surface area (Å²) >= 11 is 1.61. The average Bonchev–Trinajstić information content (AvgIpc) is 2.06. The molecular weight excluding hydrogens is 168 g/mol. The van der Waals surface area contributed by atoms with E-state index in [4.69, 9.17) is 5.11 Å². The Bertz CT molecular complexity index is 243. The Labute approximate surface area is 77.1 Å². The number of rotatable bonds is 4. The van der Waals surface area contributed by atoms with Gasteiger partial charge in [-0.25, -0.2) is 0 Å². The minimum absolute atomic E-state index is 0.179. The predicted octanol–water partition coefficient (Wildman–Crippen LogP) is 2.67. The van der Waals surface area contributed by atoms with E-state index in [1.165, 1.54) is 4.90 Å². The van der Waals surface area contributed by atoms with Crippen LogP contribution in [0.3, 0.4) is 0 Å². The molecule has 0 aliphatic carbocycles. The van der Waals surface area contributed by atoms with Gasteiger partial charge in [0.15, 0.2) is 0 Å². The summed E-state index contributed by atoms with van der Waals surface area (Å²) in [4.78, 5) is 2.18. The van der Waals surface area contributed by atoms with Crippen molar-refractivity contribution in [2.45, 2.75) is 11.3 Å². The maximum atomic E-state index is 8.64. The largest absolute Gasteiger partial charge is 0.396 e. The summed E-state index contributed by atoms with van der Waals surface area (Å²) in [5, 5.41) is 8.64. The Morgan fingerprint density at radius 3 is 2.58 bits per heavy atom. The lowest BCUT2D eigenvalue weighted by atomic mass is 10.4. The molecule has 0 saturated heterocycles. The van der Waals surface area contributed by atoms with Crippen molar-refractivity contribution >= 4 is 11.8 Å². The lowest BCUT2D eigenvalue weighted by Gasteiger charge is -2.01. The van der Waals surface area contributed by atoms with Crippen LogP contribution < -0.4 is 0 Å². The third-order valence-electron chi connectivity index (χ3n) is 1.40. The Morgan fingerprint density at radius 2 is 2.00 bits per heavy atom. The molecule has 1 aromatic carbocycles. The van der Waals surface area contributed by atoms with Crippen LogP contribution in [0.25, 0.3) is 0 Å². The summed E-state index contributed by atoms with van der Waals surface area (Å²) in [5.41, 5.74) is 0. The van der Waals surface area contributed by atoms with E-state index >= 15 is 0 Å². The molecule has 1 nitrogen and oxygen atoms in total. The van der Waals surface area contributed by atoms with Crippen molar-refractivity contribution in [2.24, 2.45) is 0 Å². The van der Waals surface area contributed by atoms with Crippen LogP contribution in [0.2, 0.25) is 0 Å². The fraction of sp³-hybridized carbons (Fsp3) is 0.200. The highest BCUT2D eigenvalue weighted by Gasteiger charge is 1.95. The zero-order valence-corrected chi connectivity index (χ0v) is 7.68. The summed E-state index contributed by atoms with van der Waals surface area (Å²) in [7, 11) is 0. The molecule has 0 aliphatic heterocycles. The highest BCUT2D eigenvalue weighted by atomic mass is 32.2. The summed E-state index contributed by atoms with van der Waals surface area (Å²) in [5.74, 6) is 0. The van der Waals surface area contributed by atoms with Gasteiger partial charge >= 0.3 is 0 Å². The molecule has 0 fully saturated rings. The molecule has 2 heteroatoms. The molecule has 0 spiro atoms. The summed E-state index contributed by atoms with van der Waals surface area (Å²) in [6.45, 7) is 4.02. The quantitative estimate of drug-likeness (QED) is 0.719. The molecule has 0 aromatic heterocycles. The first-order valence-electron chi connectivity index (χ1n) is 3.84. The number of aliphatic hydroxyl groups is 1. The zero-order chi connectivity index (χ0) is 8.81. The Balaban J connectivity index is 2.47. The van der Waals surface area contributed by atoms with E-state index in [0.29, 0.717) is 6.42 Å². The maximum absolute atomic E-state index is 8.64. The van der Waals surface area contributed by atoms with Gasteiger partial charge in [-0.1, -0.05) is 36.5 Å². The summed E-state index contributed by atoms with van der Waals surface area (Å²) in [6.07, 6.45) is 0.666. The van der Waals surface area contributed by atoms with Gasteiger partial charge in [0.1, 0.15) is 0 Å². The van der Waals surface area contributed by atoms with Crippen molar-refractivity contribution < 1.29 is 5.11 Å². The number of hydrogen-bond donors (Lipinski definition) is 1. The van der Waals surface area contributed by atoms with Crippen LogP contribution in [0, 0.1) is 0 Å². The number of thioether (sulfide) groups is 1. The molecule has 0 bridgehead atoms. The maximum Gasteiger partial charge on any atom is 0.0476 e. The van der Waals surface area contributed by atoms with E-state index in [1.54, 1.807) is 11.8 Å². The zero-order valence-electron chi connectivity index (χ0n) is 6.86. The van der Waals surface area contributed by atoms with Crippen LogP contribution in [0.4, 0.5) is 0 Å². The molecule has 64 valence electrons. The van der Waals surface area contributed by atoms with Gasteiger partial charge in [0, 0.05) is 17.9 Å². The molecule has 0 amide bonds. The molecule has 12 heavy (non-hydrogen) atoms. The second-order valence-electron chi connectivity index (χ2n) is 2.43. The molecule has 0 atom stereocenters. The molecule has 0 unspecified atom stereocenters. The van der Waals surface area contributed by atoms with Gasteiger partial charge in [-0.05, 0) is 17.0 Å². The Morgan fingerprint density at radius 1 is 1.33 bits per heavy atom. The molecule has 0 aliphatic rings. The van der Waals surface area contributed by atoms with Crippen molar-refractivity contribution in [1.82, 2.24) is 0 Å². The van der Waals surface area contributed by atoms with Crippen LogP contribution in [-0.4, -0.2) is 11.7 Å². The second-order valence-corrected chi connectivity index (χ2v) is 3.68. The van der Waals surface area contributed by atoms with Gasteiger partial charge < -0.3 is 5.11 Å². The molecule has 0 radical (unpaired) electrons. The van der Waals surface area contributed by atoms with Gasteiger partial charge in [0.25, 0.3) is 0 Å². The van der Waals surface area contributed by atoms with Gasteiger partial charge in [-0.2, -0.15) is 0 Å². The van der Waals surface area contributed by atoms with E-state index < -0.39 is 0 Å². The monoisotopic (exact) mass is 180 g/mol. The van der Waals surface area contributed by atoms with Crippen LogP contribution in [-0.2, 0) is 0 Å². The van der Waals surface area contributed by atoms with Crippen molar-refractivity contribution in [3.05, 3.63) is 41.8 Å². The van der Waals surface area contributed by atoms with E-state index in [-0.39, 0.29) is 6.61 Å². The lowest BCUT2D eigenvalue weighted by molar-refractivity contribution is 0.302. The normalized spacial score (nSPS) is 9.75. The highest BCUT2D eigenvalue weighted by Crippen LogP contribution is 2.26. The minimum Gasteiger partial charge on any atom is -0.396 e. The molecule has 0 heterocycles. The Kier molecular flexibility index (Phi) is 3.91. The van der Waals surface area contributed by atoms with E-state index in [0.717, 1.165) is 4.91 Å². The first-order valence-corrected chi connectivity index (χ1v) is 4.66. The molecule has 1 aromatic rings. The van der Waals surface area contributed by atoms with E-state index in [9.17, 15) is 0 Å². The third-order valence-corrected chi connectivity index (χ3v) is 2.40. The van der Waals surface area contributed by atoms with Gasteiger partial charge in [0.05, 0.1) is 0 Å². The topological polar surface area (TPSA) is 20.2 Å². The van der Waals surface area contributed by atoms with Crippen LogP contribution >= 0.6 is 11.8 Å². The van der Waals surface area contributed by atoms with Gasteiger partial charge in [0.2, 0.25) is 0 Å². The Hall–Kier alpha value is -0.730. The third kappa shape index (κ3) is 3.11. The number of benzene rings is 1. The molecular formula is C10H12OS. The summed E-state index contributed by atoms with van der Waals surface area (Å²) in [6, 6.07) is 10.0. The van der Waals surface area contributed by atoms with Crippen LogP contribution in [0.5, 0.6) is 0 Å². The average molecular weight is 180 g/mol. The minimum atomic E-state index is 0.179. The SMILES string of the molecule is C=C(CCO)Sc1ccccc1. The summed E-state index contributed by atoms with van der Waals surface area (Å²) < 4.78 is 0. The van der Waals surface area contributed by atoms with Crippen molar-refractivity contribution in [2.75, 3.05) is 6.61 Å². The molecule has 0 saturated carbocycles. The smallest absolute Gasteiger partial charge is 0.0476 e. The van der Waals surface area contributed by atoms with Gasteiger partial charge in [-0.3, -0.25) is 0 Å². The highest BCUT2D eigenvalue weighted by molar-refractivity contribution is 8.03.